The van der Waals surface area contributed by atoms with Crippen molar-refractivity contribution in [3.63, 3.8) is 0 Å². The summed E-state index contributed by atoms with van der Waals surface area (Å²) in [5.74, 6) is 0. The molecule has 1 heterocycles. The number of hydrogen-bond donors (Lipinski definition) is 0. The number of rotatable bonds is 3. The number of hydrogen-bond acceptors (Lipinski definition) is 2. The monoisotopic (exact) mass is 207 g/mol. The Balaban J connectivity index is 1.76. The van der Waals surface area contributed by atoms with Crippen molar-refractivity contribution in [3.05, 3.63) is 35.9 Å². The van der Waals surface area contributed by atoms with Gasteiger partial charge in [0.15, 0.2) is 0 Å². The molecule has 1 aliphatic heterocycles. The van der Waals surface area contributed by atoms with Gasteiger partial charge in [0.2, 0.25) is 0 Å². The van der Waals surface area contributed by atoms with E-state index in [2.05, 4.69) is 12.1 Å². The van der Waals surface area contributed by atoms with Crippen LogP contribution in [-0.2, 0) is 15.5 Å². The summed E-state index contributed by atoms with van der Waals surface area (Å²) in [5, 5.41) is 0. The Morgan fingerprint density at radius 3 is 2.79 bits per heavy atom. The van der Waals surface area contributed by atoms with Gasteiger partial charge >= 0.3 is 9.28 Å². The second-order valence-corrected chi connectivity index (χ2v) is 5.27. The summed E-state index contributed by atoms with van der Waals surface area (Å²) >= 11 is 0. The van der Waals surface area contributed by atoms with Crippen molar-refractivity contribution < 1.29 is 8.85 Å². The predicted octanol–water partition coefficient (Wildman–Crippen LogP) is 2.50. The van der Waals surface area contributed by atoms with Crippen LogP contribution in [0.25, 0.3) is 0 Å². The van der Waals surface area contributed by atoms with Gasteiger partial charge in [-0.25, -0.2) is 0 Å². The normalized spacial score (nSPS) is 18.3. The Bertz CT molecular complexity index is 257. The third kappa shape index (κ3) is 2.94. The van der Waals surface area contributed by atoms with Crippen molar-refractivity contribution in [1.82, 2.24) is 0 Å². The van der Waals surface area contributed by atoms with Gasteiger partial charge in [-0.3, -0.25) is 0 Å². The number of benzene rings is 1. The average molecular weight is 207 g/mol. The molecule has 0 saturated carbocycles. The first-order chi connectivity index (χ1) is 6.95. The van der Waals surface area contributed by atoms with Crippen LogP contribution in [-0.4, -0.2) is 15.9 Å². The molecule has 1 radical (unpaired) electrons. The van der Waals surface area contributed by atoms with Gasteiger partial charge in [0.25, 0.3) is 0 Å². The lowest BCUT2D eigenvalue weighted by Crippen LogP contribution is -2.26. The molecule has 0 atom stereocenters. The van der Waals surface area contributed by atoms with Crippen molar-refractivity contribution in [1.29, 1.82) is 0 Å². The summed E-state index contributed by atoms with van der Waals surface area (Å²) in [6.07, 6.45) is 2.46. The molecule has 0 N–H and O–H groups in total. The first kappa shape index (κ1) is 9.89. The predicted molar refractivity (Wildman–Crippen MR) is 57.0 cm³/mol. The third-order valence-corrected chi connectivity index (χ3v) is 4.04. The van der Waals surface area contributed by atoms with Gasteiger partial charge in [0.1, 0.15) is 0 Å². The van der Waals surface area contributed by atoms with Crippen LogP contribution >= 0.6 is 0 Å². The fraction of sp³-hybridized carbons (Fsp3) is 0.455. The zero-order valence-electron chi connectivity index (χ0n) is 8.24. The standard InChI is InChI=1S/C11H15O2Si/c1-2-6-11(7-3-1)10-13-14-9-5-4-8-12-14/h1-3,6-7H,4-5,8-10H2. The van der Waals surface area contributed by atoms with E-state index in [0.717, 1.165) is 12.7 Å². The lowest BCUT2D eigenvalue weighted by molar-refractivity contribution is 0.170. The molecule has 1 saturated heterocycles. The van der Waals surface area contributed by atoms with E-state index in [9.17, 15) is 0 Å². The van der Waals surface area contributed by atoms with Crippen LogP contribution in [0.5, 0.6) is 0 Å². The first-order valence-electron chi connectivity index (χ1n) is 5.10. The molecule has 2 rings (SSSR count). The van der Waals surface area contributed by atoms with E-state index in [1.165, 1.54) is 18.4 Å². The minimum Gasteiger partial charge on any atom is -0.393 e. The Labute approximate surface area is 86.7 Å². The molecule has 1 fully saturated rings. The van der Waals surface area contributed by atoms with Crippen molar-refractivity contribution in [2.24, 2.45) is 0 Å². The van der Waals surface area contributed by atoms with Gasteiger partial charge in [0.05, 0.1) is 6.61 Å². The van der Waals surface area contributed by atoms with Gasteiger partial charge in [-0.15, -0.1) is 0 Å². The molecular weight excluding hydrogens is 192 g/mol. The maximum absolute atomic E-state index is 5.75. The van der Waals surface area contributed by atoms with Crippen LogP contribution in [0.4, 0.5) is 0 Å². The van der Waals surface area contributed by atoms with Crippen LogP contribution in [0.3, 0.4) is 0 Å². The molecular formula is C11H15O2Si. The lowest BCUT2D eigenvalue weighted by Gasteiger charge is -2.19. The summed E-state index contributed by atoms with van der Waals surface area (Å²) in [6, 6.07) is 11.4. The van der Waals surface area contributed by atoms with E-state index in [-0.39, 0.29) is 0 Å². The Morgan fingerprint density at radius 1 is 1.21 bits per heavy atom. The highest BCUT2D eigenvalue weighted by molar-refractivity contribution is 6.44. The van der Waals surface area contributed by atoms with Gasteiger partial charge in [-0.1, -0.05) is 30.3 Å². The molecule has 1 aliphatic rings. The fourth-order valence-electron chi connectivity index (χ4n) is 1.48. The van der Waals surface area contributed by atoms with E-state index in [0.29, 0.717) is 6.61 Å². The molecule has 0 amide bonds. The lowest BCUT2D eigenvalue weighted by atomic mass is 10.2. The topological polar surface area (TPSA) is 18.5 Å². The minimum absolute atomic E-state index is 0.704. The van der Waals surface area contributed by atoms with E-state index >= 15 is 0 Å². The summed E-state index contributed by atoms with van der Waals surface area (Å²) in [5.41, 5.74) is 1.24. The summed E-state index contributed by atoms with van der Waals surface area (Å²) < 4.78 is 11.3. The summed E-state index contributed by atoms with van der Waals surface area (Å²) in [4.78, 5) is 0. The molecule has 0 aromatic heterocycles. The molecule has 0 aliphatic carbocycles. The van der Waals surface area contributed by atoms with Crippen LogP contribution in [0.15, 0.2) is 30.3 Å². The molecule has 75 valence electrons. The van der Waals surface area contributed by atoms with Crippen molar-refractivity contribution >= 4 is 9.28 Å². The summed E-state index contributed by atoms with van der Waals surface area (Å²) in [7, 11) is -0.946. The van der Waals surface area contributed by atoms with Gasteiger partial charge in [0, 0.05) is 6.61 Å². The largest absolute Gasteiger partial charge is 0.393 e. The minimum atomic E-state index is -0.946. The molecule has 1 aromatic rings. The first-order valence-corrected chi connectivity index (χ1v) is 6.63. The highest BCUT2D eigenvalue weighted by Crippen LogP contribution is 2.13. The molecule has 0 unspecified atom stereocenters. The van der Waals surface area contributed by atoms with Gasteiger partial charge in [-0.05, 0) is 24.4 Å². The van der Waals surface area contributed by atoms with E-state index in [4.69, 9.17) is 8.85 Å². The molecule has 3 heteroatoms. The quantitative estimate of drug-likeness (QED) is 0.709. The molecule has 1 aromatic carbocycles. The Kier molecular flexibility index (Phi) is 3.74. The second-order valence-electron chi connectivity index (χ2n) is 3.45. The van der Waals surface area contributed by atoms with E-state index in [1.54, 1.807) is 0 Å². The zero-order valence-corrected chi connectivity index (χ0v) is 9.24. The van der Waals surface area contributed by atoms with Crippen LogP contribution in [0, 0.1) is 0 Å². The molecule has 2 nitrogen and oxygen atoms in total. The molecule has 0 bridgehead atoms. The highest BCUT2D eigenvalue weighted by atomic mass is 28.3. The van der Waals surface area contributed by atoms with Crippen LogP contribution in [0.2, 0.25) is 6.04 Å². The van der Waals surface area contributed by atoms with E-state index in [1.807, 2.05) is 18.2 Å². The van der Waals surface area contributed by atoms with Crippen LogP contribution in [0.1, 0.15) is 18.4 Å². The molecule has 14 heavy (non-hydrogen) atoms. The van der Waals surface area contributed by atoms with Crippen molar-refractivity contribution in [3.8, 4) is 0 Å². The maximum Gasteiger partial charge on any atom is 0.384 e. The molecule has 0 spiro atoms. The van der Waals surface area contributed by atoms with E-state index < -0.39 is 9.28 Å². The fourth-order valence-corrected chi connectivity index (χ4v) is 3.09. The Morgan fingerprint density at radius 2 is 2.07 bits per heavy atom. The third-order valence-electron chi connectivity index (χ3n) is 2.28. The van der Waals surface area contributed by atoms with Gasteiger partial charge < -0.3 is 8.85 Å². The Hall–Kier alpha value is -0.643. The van der Waals surface area contributed by atoms with Crippen LogP contribution < -0.4 is 0 Å². The average Bonchev–Trinajstić information content (AvgIpc) is 2.29. The highest BCUT2D eigenvalue weighted by Gasteiger charge is 2.19. The zero-order chi connectivity index (χ0) is 9.64. The van der Waals surface area contributed by atoms with Gasteiger partial charge in [-0.2, -0.15) is 0 Å². The smallest absolute Gasteiger partial charge is 0.384 e. The van der Waals surface area contributed by atoms with Crippen molar-refractivity contribution in [2.75, 3.05) is 6.61 Å². The maximum atomic E-state index is 5.75. The SMILES string of the molecule is c1ccc(CO[Si]2CCCCO2)cc1. The van der Waals surface area contributed by atoms with Crippen molar-refractivity contribution in [2.45, 2.75) is 25.5 Å². The summed E-state index contributed by atoms with van der Waals surface area (Å²) in [6.45, 7) is 1.60. The second kappa shape index (κ2) is 5.29.